The quantitative estimate of drug-likeness (QED) is 0.398. The molecule has 0 aliphatic carbocycles. The van der Waals surface area contributed by atoms with Gasteiger partial charge in [0, 0.05) is 6.92 Å². The molecule has 0 aliphatic heterocycles. The zero-order chi connectivity index (χ0) is 23.3. The van der Waals surface area contributed by atoms with Gasteiger partial charge < -0.3 is 15.4 Å². The fourth-order valence-electron chi connectivity index (χ4n) is 3.32. The first-order valence-corrected chi connectivity index (χ1v) is 11.7. The number of nitrogens with zero attached hydrogens (tertiary/aromatic N) is 2. The van der Waals surface area contributed by atoms with Crippen LogP contribution in [0.4, 0.5) is 0 Å². The molecule has 32 heavy (non-hydrogen) atoms. The van der Waals surface area contributed by atoms with Crippen molar-refractivity contribution in [2.75, 3.05) is 6.54 Å². The number of carbonyl (C=O) groups excluding carboxylic acids is 1. The number of imidazole rings is 1. The van der Waals surface area contributed by atoms with Crippen LogP contribution in [0, 0.1) is 0 Å². The predicted molar refractivity (Wildman–Crippen MR) is 120 cm³/mol. The summed E-state index contributed by atoms with van der Waals surface area (Å²) in [6.07, 6.45) is 0.135. The van der Waals surface area contributed by atoms with Gasteiger partial charge in [0.05, 0.1) is 47.1 Å². The van der Waals surface area contributed by atoms with Crippen LogP contribution in [0.2, 0.25) is 0 Å². The van der Waals surface area contributed by atoms with E-state index < -0.39 is 28.3 Å². The molecule has 0 fully saturated rings. The maximum absolute atomic E-state index is 13.3. The predicted octanol–water partition coefficient (Wildman–Crippen LogP) is 2.00. The van der Waals surface area contributed by atoms with Crippen LogP contribution in [-0.4, -0.2) is 58.7 Å². The lowest BCUT2D eigenvalue weighted by Crippen LogP contribution is -2.50. The molecule has 1 heterocycles. The Kier molecular flexibility index (Phi) is 7.62. The molecule has 0 unspecified atom stereocenters. The molecule has 3 aromatic rings. The van der Waals surface area contributed by atoms with E-state index in [1.165, 1.54) is 25.4 Å². The molecule has 9 nitrogen and oxygen atoms in total. The average molecular weight is 461 g/mol. The summed E-state index contributed by atoms with van der Waals surface area (Å²) in [6, 6.07) is 13.1. The molecule has 1 aromatic heterocycles. The van der Waals surface area contributed by atoms with Gasteiger partial charge in [-0.3, -0.25) is 9.63 Å². The van der Waals surface area contributed by atoms with Gasteiger partial charge in [0.15, 0.2) is 0 Å². The largest absolute Gasteiger partial charge is 0.389 e. The molecule has 3 rings (SSSR count). The van der Waals surface area contributed by atoms with Crippen LogP contribution in [0.15, 0.2) is 59.8 Å². The lowest BCUT2D eigenvalue weighted by Gasteiger charge is -2.30. The van der Waals surface area contributed by atoms with Crippen LogP contribution in [0.1, 0.15) is 26.3 Å². The number of aliphatic hydroxyl groups is 1. The zero-order valence-corrected chi connectivity index (χ0v) is 19.0. The van der Waals surface area contributed by atoms with Gasteiger partial charge in [0.1, 0.15) is 0 Å². The Bertz CT molecular complexity index is 1150. The molecule has 3 N–H and O–H groups in total. The van der Waals surface area contributed by atoms with Gasteiger partial charge in [0.25, 0.3) is 10.0 Å². The van der Waals surface area contributed by atoms with Gasteiger partial charge in [-0.1, -0.05) is 34.8 Å². The third-order valence-corrected chi connectivity index (χ3v) is 6.39. The van der Waals surface area contributed by atoms with Crippen molar-refractivity contribution in [1.82, 2.24) is 19.8 Å². The maximum atomic E-state index is 13.3. The van der Waals surface area contributed by atoms with Crippen molar-refractivity contribution in [1.29, 1.82) is 0 Å². The molecule has 0 aliphatic rings. The number of carbonyl (C=O) groups is 1. The van der Waals surface area contributed by atoms with Crippen LogP contribution in [0.25, 0.3) is 11.0 Å². The molecule has 2 aromatic carbocycles. The fraction of sp³-hybridized carbons (Fsp3) is 0.364. The number of nitrogens with one attached hydrogen (secondary N) is 2. The molecule has 1 amide bonds. The molecule has 0 radical (unpaired) electrons. The number of fused-ring (bicyclic) bond motifs is 1. The first kappa shape index (κ1) is 23.9. The number of aromatic nitrogens is 2. The highest BCUT2D eigenvalue weighted by Crippen LogP contribution is 2.22. The summed E-state index contributed by atoms with van der Waals surface area (Å²) >= 11 is 0. The van der Waals surface area contributed by atoms with Crippen molar-refractivity contribution in [2.45, 2.75) is 50.3 Å². The van der Waals surface area contributed by atoms with Gasteiger partial charge in [-0.15, -0.1) is 0 Å². The highest BCUT2D eigenvalue weighted by Gasteiger charge is 2.32. The third-order valence-electron chi connectivity index (χ3n) is 4.77. The molecule has 172 valence electrons. The van der Waals surface area contributed by atoms with Gasteiger partial charge in [-0.05, 0) is 44.0 Å². The molecule has 2 atom stereocenters. The van der Waals surface area contributed by atoms with Crippen LogP contribution in [-0.2, 0) is 26.1 Å². The average Bonchev–Trinajstić information content (AvgIpc) is 3.21. The molecule has 10 heteroatoms. The van der Waals surface area contributed by atoms with E-state index >= 15 is 0 Å². The van der Waals surface area contributed by atoms with E-state index in [1.54, 1.807) is 19.9 Å². The van der Waals surface area contributed by atoms with Crippen molar-refractivity contribution < 1.29 is 23.2 Å². The van der Waals surface area contributed by atoms with Crippen molar-refractivity contribution in [3.63, 3.8) is 0 Å². The minimum absolute atomic E-state index is 0.00114. The van der Waals surface area contributed by atoms with Crippen molar-refractivity contribution >= 4 is 27.0 Å². The summed E-state index contributed by atoms with van der Waals surface area (Å²) in [5.74, 6) is -0.325. The normalized spacial score (nSPS) is 14.1. The SMILES string of the molecule is CC(=O)N[C@@H](Cc1ccccc1)[C@H](O)CN(OC(C)C)S(=O)(=O)c1ccc2nc[nH]c2c1. The summed E-state index contributed by atoms with van der Waals surface area (Å²) in [6.45, 7) is 4.38. The van der Waals surface area contributed by atoms with Crippen LogP contribution < -0.4 is 5.32 Å². The highest BCUT2D eigenvalue weighted by molar-refractivity contribution is 7.89. The number of rotatable bonds is 10. The molecular formula is C22H28N4O5S. The Morgan fingerprint density at radius 1 is 1.22 bits per heavy atom. The summed E-state index contributed by atoms with van der Waals surface area (Å²) < 4.78 is 27.5. The summed E-state index contributed by atoms with van der Waals surface area (Å²) in [5.41, 5.74) is 2.10. The van der Waals surface area contributed by atoms with E-state index in [-0.39, 0.29) is 17.3 Å². The Hall–Kier alpha value is -2.79. The van der Waals surface area contributed by atoms with Gasteiger partial charge in [0.2, 0.25) is 5.91 Å². The minimum Gasteiger partial charge on any atom is -0.389 e. The highest BCUT2D eigenvalue weighted by atomic mass is 32.2. The van der Waals surface area contributed by atoms with Crippen molar-refractivity contribution in [3.8, 4) is 0 Å². The summed E-state index contributed by atoms with van der Waals surface area (Å²) in [7, 11) is -4.10. The maximum Gasteiger partial charge on any atom is 0.265 e. The number of hydroxylamine groups is 1. The zero-order valence-electron chi connectivity index (χ0n) is 18.2. The van der Waals surface area contributed by atoms with E-state index in [2.05, 4.69) is 15.3 Å². The summed E-state index contributed by atoms with van der Waals surface area (Å²) in [5, 5.41) is 13.7. The monoisotopic (exact) mass is 460 g/mol. The van der Waals surface area contributed by atoms with Gasteiger partial charge >= 0.3 is 0 Å². The fourth-order valence-corrected chi connectivity index (χ4v) is 4.69. The topological polar surface area (TPSA) is 125 Å². The Morgan fingerprint density at radius 3 is 2.59 bits per heavy atom. The van der Waals surface area contributed by atoms with Gasteiger partial charge in [-0.2, -0.15) is 0 Å². The van der Waals surface area contributed by atoms with E-state index in [4.69, 9.17) is 4.84 Å². The number of amides is 1. The lowest BCUT2D eigenvalue weighted by molar-refractivity contribution is -0.138. The van der Waals surface area contributed by atoms with Crippen LogP contribution >= 0.6 is 0 Å². The molecule has 0 spiro atoms. The van der Waals surface area contributed by atoms with E-state index in [1.807, 2.05) is 30.3 Å². The number of aliphatic hydroxyl groups excluding tert-OH is 1. The molecule has 0 saturated carbocycles. The Morgan fingerprint density at radius 2 is 1.94 bits per heavy atom. The Labute approximate surface area is 187 Å². The van der Waals surface area contributed by atoms with E-state index in [0.29, 0.717) is 17.5 Å². The van der Waals surface area contributed by atoms with E-state index in [0.717, 1.165) is 10.0 Å². The molecular weight excluding hydrogens is 432 g/mol. The smallest absolute Gasteiger partial charge is 0.265 e. The number of H-pyrrole nitrogens is 1. The first-order chi connectivity index (χ1) is 15.2. The lowest BCUT2D eigenvalue weighted by atomic mass is 10.0. The second-order valence-corrected chi connectivity index (χ2v) is 9.62. The Balaban J connectivity index is 1.87. The number of benzene rings is 2. The number of hydrogen-bond donors (Lipinski definition) is 3. The standard InChI is InChI=1S/C22H28N4O5S/c1-15(2)31-26(32(29,30)18-9-10-19-20(12-18)24-14-23-19)13-22(28)21(25-16(3)27)11-17-7-5-4-6-8-17/h4-10,12,14-15,21-22,28H,11,13H2,1-3H3,(H,23,24)(H,25,27)/t21-,22+/m0/s1. The molecule has 0 bridgehead atoms. The number of sulfonamides is 1. The minimum atomic E-state index is -4.10. The van der Waals surface area contributed by atoms with Crippen molar-refractivity contribution in [2.24, 2.45) is 0 Å². The number of aromatic amines is 1. The van der Waals surface area contributed by atoms with Crippen molar-refractivity contribution in [3.05, 3.63) is 60.4 Å². The second-order valence-electron chi connectivity index (χ2n) is 7.79. The van der Waals surface area contributed by atoms with E-state index in [9.17, 15) is 18.3 Å². The number of hydrogen-bond acceptors (Lipinski definition) is 6. The first-order valence-electron chi connectivity index (χ1n) is 10.3. The van der Waals surface area contributed by atoms with Crippen LogP contribution in [0.3, 0.4) is 0 Å². The summed E-state index contributed by atoms with van der Waals surface area (Å²) in [4.78, 5) is 24.3. The van der Waals surface area contributed by atoms with Crippen LogP contribution in [0.5, 0.6) is 0 Å². The van der Waals surface area contributed by atoms with Gasteiger partial charge in [-0.25, -0.2) is 13.4 Å². The molecule has 0 saturated heterocycles. The second kappa shape index (κ2) is 10.2. The third kappa shape index (κ3) is 5.92.